The molecule has 5 heteroatoms. The maximum absolute atomic E-state index is 12.4. The van der Waals surface area contributed by atoms with Crippen molar-refractivity contribution in [2.24, 2.45) is 17.8 Å². The predicted octanol–water partition coefficient (Wildman–Crippen LogP) is 1.89. The number of carbonyl (C=O) groups excluding carboxylic acids is 1. The van der Waals surface area contributed by atoms with E-state index in [1.165, 1.54) is 0 Å². The molecule has 0 aromatic heterocycles. The van der Waals surface area contributed by atoms with Gasteiger partial charge in [0.2, 0.25) is 5.91 Å². The molecule has 2 saturated carbocycles. The number of carboxylic acids is 1. The number of hydrogen-bond acceptors (Lipinski definition) is 3. The van der Waals surface area contributed by atoms with Gasteiger partial charge in [-0.2, -0.15) is 0 Å². The number of hydrogen-bond donors (Lipinski definition) is 2. The summed E-state index contributed by atoms with van der Waals surface area (Å²) >= 11 is 1.71. The van der Waals surface area contributed by atoms with Crippen LogP contribution in [0.5, 0.6) is 0 Å². The van der Waals surface area contributed by atoms with Crippen LogP contribution in [-0.2, 0) is 9.59 Å². The summed E-state index contributed by atoms with van der Waals surface area (Å²) in [7, 11) is 0. The number of rotatable bonds is 3. The van der Waals surface area contributed by atoms with Crippen LogP contribution < -0.4 is 5.32 Å². The number of amides is 1. The van der Waals surface area contributed by atoms with E-state index in [0.717, 1.165) is 37.9 Å². The van der Waals surface area contributed by atoms with Crippen LogP contribution in [-0.4, -0.2) is 33.5 Å². The predicted molar refractivity (Wildman–Crippen MR) is 74.0 cm³/mol. The third-order valence-electron chi connectivity index (χ3n) is 5.20. The Morgan fingerprint density at radius 1 is 1.32 bits per heavy atom. The van der Waals surface area contributed by atoms with Crippen molar-refractivity contribution in [3.05, 3.63) is 0 Å². The van der Waals surface area contributed by atoms with Crippen LogP contribution in [0.3, 0.4) is 0 Å². The second-order valence-corrected chi connectivity index (χ2v) is 7.98. The molecule has 1 saturated heterocycles. The van der Waals surface area contributed by atoms with Gasteiger partial charge in [-0.15, -0.1) is 11.8 Å². The molecule has 5 unspecified atom stereocenters. The molecule has 3 rings (SSSR count). The quantitative estimate of drug-likeness (QED) is 0.830. The van der Waals surface area contributed by atoms with Crippen LogP contribution in [0.1, 0.15) is 39.0 Å². The highest BCUT2D eigenvalue weighted by atomic mass is 32.2. The summed E-state index contributed by atoms with van der Waals surface area (Å²) in [4.78, 5) is 23.9. The molecular weight excluding hydrogens is 262 g/mol. The monoisotopic (exact) mass is 283 g/mol. The smallest absolute Gasteiger partial charge is 0.308 e. The number of thioether (sulfide) groups is 1. The first-order chi connectivity index (χ1) is 9.01. The van der Waals surface area contributed by atoms with E-state index in [2.05, 4.69) is 5.32 Å². The van der Waals surface area contributed by atoms with E-state index in [9.17, 15) is 14.7 Å². The molecule has 0 radical (unpaired) electrons. The van der Waals surface area contributed by atoms with E-state index >= 15 is 0 Å². The Hall–Kier alpha value is -0.710. The number of nitrogens with one attached hydrogen (secondary N) is 1. The molecule has 2 N–H and O–H groups in total. The van der Waals surface area contributed by atoms with E-state index in [1.807, 2.05) is 6.92 Å². The Kier molecular flexibility index (Phi) is 3.28. The van der Waals surface area contributed by atoms with Gasteiger partial charge in [0, 0.05) is 6.04 Å². The van der Waals surface area contributed by atoms with Crippen LogP contribution in [0.4, 0.5) is 0 Å². The Bertz CT molecular complexity index is 405. The van der Waals surface area contributed by atoms with Gasteiger partial charge >= 0.3 is 5.97 Å². The zero-order chi connectivity index (χ0) is 13.6. The van der Waals surface area contributed by atoms with Crippen LogP contribution in [0.2, 0.25) is 0 Å². The van der Waals surface area contributed by atoms with Crippen LogP contribution in [0, 0.1) is 17.8 Å². The maximum atomic E-state index is 12.4. The topological polar surface area (TPSA) is 66.4 Å². The fourth-order valence-electron chi connectivity index (χ4n) is 4.12. The van der Waals surface area contributed by atoms with Crippen LogP contribution >= 0.6 is 11.8 Å². The minimum Gasteiger partial charge on any atom is -0.481 e. The summed E-state index contributed by atoms with van der Waals surface area (Å²) in [6, 6.07) is -0.137. The lowest BCUT2D eigenvalue weighted by molar-refractivity contribution is -0.144. The Labute approximate surface area is 117 Å². The zero-order valence-corrected chi connectivity index (χ0v) is 12.0. The first-order valence-corrected chi connectivity index (χ1v) is 8.17. The van der Waals surface area contributed by atoms with Gasteiger partial charge in [0.15, 0.2) is 0 Å². The van der Waals surface area contributed by atoms with Gasteiger partial charge in [0.1, 0.15) is 0 Å². The normalized spacial score (nSPS) is 44.5. The lowest BCUT2D eigenvalue weighted by Gasteiger charge is -2.32. The number of aliphatic carboxylic acids is 1. The highest BCUT2D eigenvalue weighted by Crippen LogP contribution is 2.49. The molecule has 19 heavy (non-hydrogen) atoms. The SMILES string of the molecule is CC1(C(=O)NC2C3CCC(C3)C2C(=O)O)CCCS1. The molecule has 4 nitrogen and oxygen atoms in total. The maximum Gasteiger partial charge on any atom is 0.308 e. The lowest BCUT2D eigenvalue weighted by atomic mass is 9.84. The van der Waals surface area contributed by atoms with E-state index in [-0.39, 0.29) is 28.5 Å². The van der Waals surface area contributed by atoms with Crippen molar-refractivity contribution in [1.29, 1.82) is 0 Å². The molecule has 3 aliphatic rings. The molecule has 106 valence electrons. The highest BCUT2D eigenvalue weighted by molar-refractivity contribution is 8.01. The molecule has 0 spiro atoms. The molecule has 1 amide bonds. The Morgan fingerprint density at radius 3 is 2.68 bits per heavy atom. The largest absolute Gasteiger partial charge is 0.481 e. The molecular formula is C14H21NO3S. The average molecular weight is 283 g/mol. The summed E-state index contributed by atoms with van der Waals surface area (Å²) in [5.74, 6) is 0.642. The standard InChI is InChI=1S/C14H21NO3S/c1-14(5-2-6-19-14)13(18)15-11-9-4-3-8(7-9)10(11)12(16)17/h8-11H,2-7H2,1H3,(H,15,18)(H,16,17). The zero-order valence-electron chi connectivity index (χ0n) is 11.2. The van der Waals surface area contributed by atoms with E-state index in [0.29, 0.717) is 5.92 Å². The van der Waals surface area contributed by atoms with Crippen molar-refractivity contribution in [2.45, 2.75) is 49.8 Å². The molecule has 0 aromatic carbocycles. The van der Waals surface area contributed by atoms with E-state index in [4.69, 9.17) is 0 Å². The van der Waals surface area contributed by atoms with E-state index < -0.39 is 5.97 Å². The van der Waals surface area contributed by atoms with Crippen molar-refractivity contribution in [1.82, 2.24) is 5.32 Å². The molecule has 2 aliphatic carbocycles. The van der Waals surface area contributed by atoms with Crippen LogP contribution in [0.25, 0.3) is 0 Å². The van der Waals surface area contributed by atoms with Gasteiger partial charge in [-0.25, -0.2) is 0 Å². The van der Waals surface area contributed by atoms with Gasteiger partial charge in [-0.3, -0.25) is 9.59 Å². The average Bonchev–Trinajstić information content (AvgIpc) is 3.04. The molecule has 2 bridgehead atoms. The summed E-state index contributed by atoms with van der Waals surface area (Å²) in [6.07, 6.45) is 5.05. The van der Waals surface area contributed by atoms with Crippen molar-refractivity contribution in [2.75, 3.05) is 5.75 Å². The lowest BCUT2D eigenvalue weighted by Crippen LogP contribution is -2.52. The van der Waals surface area contributed by atoms with Gasteiger partial charge < -0.3 is 10.4 Å². The van der Waals surface area contributed by atoms with Gasteiger partial charge in [0.25, 0.3) is 0 Å². The van der Waals surface area contributed by atoms with Crippen molar-refractivity contribution in [3.8, 4) is 0 Å². The minimum absolute atomic E-state index is 0.0544. The van der Waals surface area contributed by atoms with Crippen molar-refractivity contribution < 1.29 is 14.7 Å². The van der Waals surface area contributed by atoms with E-state index in [1.54, 1.807) is 11.8 Å². The van der Waals surface area contributed by atoms with Crippen molar-refractivity contribution >= 4 is 23.6 Å². The number of carbonyl (C=O) groups is 2. The van der Waals surface area contributed by atoms with Crippen molar-refractivity contribution in [3.63, 3.8) is 0 Å². The summed E-state index contributed by atoms with van der Waals surface area (Å²) in [6.45, 7) is 1.99. The third-order valence-corrected chi connectivity index (χ3v) is 6.72. The summed E-state index contributed by atoms with van der Waals surface area (Å²) in [5, 5.41) is 12.5. The molecule has 0 aromatic rings. The molecule has 1 heterocycles. The fraction of sp³-hybridized carbons (Fsp3) is 0.857. The third kappa shape index (κ3) is 2.16. The number of fused-ring (bicyclic) bond motifs is 2. The molecule has 5 atom stereocenters. The first kappa shape index (κ1) is 13.3. The Morgan fingerprint density at radius 2 is 2.05 bits per heavy atom. The van der Waals surface area contributed by atoms with Gasteiger partial charge in [-0.05, 0) is 56.6 Å². The first-order valence-electron chi connectivity index (χ1n) is 7.19. The molecule has 1 aliphatic heterocycles. The fourth-order valence-corrected chi connectivity index (χ4v) is 5.33. The van der Waals surface area contributed by atoms with Gasteiger partial charge in [0.05, 0.1) is 10.7 Å². The van der Waals surface area contributed by atoms with Gasteiger partial charge in [-0.1, -0.05) is 0 Å². The Balaban J connectivity index is 1.72. The second-order valence-electron chi connectivity index (χ2n) is 6.38. The molecule has 3 fully saturated rings. The summed E-state index contributed by atoms with van der Waals surface area (Å²) in [5.41, 5.74) is 0. The number of carboxylic acid groups (broad SMARTS) is 1. The summed E-state index contributed by atoms with van der Waals surface area (Å²) < 4.78 is -0.342. The highest BCUT2D eigenvalue weighted by Gasteiger charge is 2.52. The van der Waals surface area contributed by atoms with Crippen LogP contribution in [0.15, 0.2) is 0 Å². The second kappa shape index (κ2) is 4.69. The minimum atomic E-state index is -0.735.